The van der Waals surface area contributed by atoms with Gasteiger partial charge >= 0.3 is 5.97 Å². The lowest BCUT2D eigenvalue weighted by Crippen LogP contribution is -2.09. The largest absolute Gasteiger partial charge is 0.496 e. The van der Waals surface area contributed by atoms with Crippen molar-refractivity contribution in [3.8, 4) is 5.75 Å². The Balaban J connectivity index is 2.43. The zero-order chi connectivity index (χ0) is 15.6. The minimum atomic E-state index is -0.895. The maximum absolute atomic E-state index is 11.2. The van der Waals surface area contributed by atoms with Crippen molar-refractivity contribution in [3.05, 3.63) is 32.6 Å². The highest BCUT2D eigenvalue weighted by Gasteiger charge is 2.22. The molecule has 1 heterocycles. The lowest BCUT2D eigenvalue weighted by molar-refractivity contribution is -0.138. The summed E-state index contributed by atoms with van der Waals surface area (Å²) >= 11 is 5.11. The maximum Gasteiger partial charge on any atom is 0.310 e. The third-order valence-corrected chi connectivity index (χ3v) is 5.32. The summed E-state index contributed by atoms with van der Waals surface area (Å²) in [4.78, 5) is 12.1. The molecule has 1 aliphatic heterocycles. The van der Waals surface area contributed by atoms with Gasteiger partial charge in [-0.05, 0) is 37.1 Å². The zero-order valence-electron chi connectivity index (χ0n) is 11.8. The molecule has 21 heavy (non-hydrogen) atoms. The number of ether oxygens (including phenoxy) is 1. The highest BCUT2D eigenvalue weighted by molar-refractivity contribution is 9.10. The van der Waals surface area contributed by atoms with Gasteiger partial charge in [-0.25, -0.2) is 0 Å². The molecular weight excluding hydrogens is 356 g/mol. The summed E-state index contributed by atoms with van der Waals surface area (Å²) in [5, 5.41) is 19.0. The van der Waals surface area contributed by atoms with Crippen LogP contribution in [0.1, 0.15) is 30.4 Å². The highest BCUT2D eigenvalue weighted by Crippen LogP contribution is 2.37. The SMILES string of the molecule is COc1cc(/C=C2/SCCC2O)c(Br)cc1C(C)C(=O)O. The first-order valence-electron chi connectivity index (χ1n) is 6.56. The molecule has 114 valence electrons. The number of carbonyl (C=O) groups is 1. The van der Waals surface area contributed by atoms with Crippen molar-refractivity contribution in [2.24, 2.45) is 0 Å². The van der Waals surface area contributed by atoms with Gasteiger partial charge < -0.3 is 14.9 Å². The molecule has 2 rings (SSSR count). The number of methoxy groups -OCH3 is 1. The van der Waals surface area contributed by atoms with Gasteiger partial charge in [0.25, 0.3) is 0 Å². The van der Waals surface area contributed by atoms with E-state index < -0.39 is 18.0 Å². The van der Waals surface area contributed by atoms with E-state index in [0.717, 1.165) is 27.1 Å². The molecule has 1 fully saturated rings. The predicted molar refractivity (Wildman–Crippen MR) is 87.8 cm³/mol. The average Bonchev–Trinajstić information content (AvgIpc) is 2.85. The Bertz CT molecular complexity index is 585. The Morgan fingerprint density at radius 3 is 2.81 bits per heavy atom. The molecule has 0 aliphatic carbocycles. The molecule has 0 saturated carbocycles. The number of aliphatic carboxylic acids is 1. The van der Waals surface area contributed by atoms with Gasteiger partial charge in [-0.2, -0.15) is 0 Å². The van der Waals surface area contributed by atoms with E-state index in [-0.39, 0.29) is 0 Å². The van der Waals surface area contributed by atoms with E-state index in [9.17, 15) is 9.90 Å². The van der Waals surface area contributed by atoms with Gasteiger partial charge in [0.15, 0.2) is 0 Å². The van der Waals surface area contributed by atoms with Gasteiger partial charge in [-0.3, -0.25) is 4.79 Å². The molecular formula is C15H17BrO4S. The minimum absolute atomic E-state index is 0.412. The number of carboxylic acids is 1. The monoisotopic (exact) mass is 372 g/mol. The second-order valence-electron chi connectivity index (χ2n) is 4.88. The molecule has 4 nitrogen and oxygen atoms in total. The molecule has 1 aromatic rings. The van der Waals surface area contributed by atoms with Gasteiger partial charge in [0.2, 0.25) is 0 Å². The topological polar surface area (TPSA) is 66.8 Å². The lowest BCUT2D eigenvalue weighted by Gasteiger charge is -2.15. The maximum atomic E-state index is 11.2. The van der Waals surface area contributed by atoms with Crippen molar-refractivity contribution < 1.29 is 19.7 Å². The number of thioether (sulfide) groups is 1. The van der Waals surface area contributed by atoms with E-state index in [2.05, 4.69) is 15.9 Å². The molecule has 1 aliphatic rings. The second-order valence-corrected chi connectivity index (χ2v) is 6.90. The molecule has 0 amide bonds. The number of rotatable bonds is 4. The Kier molecular flexibility index (Phi) is 5.35. The summed E-state index contributed by atoms with van der Waals surface area (Å²) in [5.41, 5.74) is 1.50. The number of hydrogen-bond donors (Lipinski definition) is 2. The molecule has 2 atom stereocenters. The van der Waals surface area contributed by atoms with Gasteiger partial charge in [0.1, 0.15) is 5.75 Å². The first-order valence-corrected chi connectivity index (χ1v) is 8.34. The van der Waals surface area contributed by atoms with E-state index in [1.165, 1.54) is 7.11 Å². The van der Waals surface area contributed by atoms with E-state index in [4.69, 9.17) is 9.84 Å². The van der Waals surface area contributed by atoms with Crippen LogP contribution in [-0.4, -0.2) is 35.1 Å². The molecule has 1 saturated heterocycles. The number of aliphatic hydroxyl groups excluding tert-OH is 1. The smallest absolute Gasteiger partial charge is 0.310 e. The summed E-state index contributed by atoms with van der Waals surface area (Å²) in [6, 6.07) is 3.58. The van der Waals surface area contributed by atoms with E-state index in [0.29, 0.717) is 11.3 Å². The van der Waals surface area contributed by atoms with E-state index in [1.54, 1.807) is 30.8 Å². The van der Waals surface area contributed by atoms with E-state index in [1.807, 2.05) is 6.08 Å². The molecule has 0 bridgehead atoms. The number of carboxylic acid groups (broad SMARTS) is 1. The first kappa shape index (κ1) is 16.4. The number of aliphatic hydroxyl groups is 1. The first-order chi connectivity index (χ1) is 9.93. The molecule has 6 heteroatoms. The Hall–Kier alpha value is -0.980. The molecule has 2 N–H and O–H groups in total. The van der Waals surface area contributed by atoms with Crippen molar-refractivity contribution in [2.75, 3.05) is 12.9 Å². The summed E-state index contributed by atoms with van der Waals surface area (Å²) in [6.07, 6.45) is 2.27. The number of benzene rings is 1. The Morgan fingerprint density at radius 1 is 1.57 bits per heavy atom. The lowest BCUT2D eigenvalue weighted by atomic mass is 9.98. The van der Waals surface area contributed by atoms with Crippen LogP contribution in [-0.2, 0) is 4.79 Å². The molecule has 0 aromatic heterocycles. The molecule has 1 aromatic carbocycles. The van der Waals surface area contributed by atoms with Gasteiger partial charge in [0, 0.05) is 20.7 Å². The van der Waals surface area contributed by atoms with Crippen LogP contribution in [0, 0.1) is 0 Å². The fraction of sp³-hybridized carbons (Fsp3) is 0.400. The third-order valence-electron chi connectivity index (χ3n) is 3.47. The average molecular weight is 373 g/mol. The van der Waals surface area contributed by atoms with Gasteiger partial charge in [-0.15, -0.1) is 11.8 Å². The van der Waals surface area contributed by atoms with Crippen LogP contribution in [0.25, 0.3) is 6.08 Å². The van der Waals surface area contributed by atoms with Crippen LogP contribution < -0.4 is 4.74 Å². The van der Waals surface area contributed by atoms with Gasteiger partial charge in [0.05, 0.1) is 19.1 Å². The van der Waals surface area contributed by atoms with Crippen molar-refractivity contribution >= 4 is 39.7 Å². The van der Waals surface area contributed by atoms with Crippen LogP contribution in [0.2, 0.25) is 0 Å². The van der Waals surface area contributed by atoms with Crippen LogP contribution in [0.5, 0.6) is 5.75 Å². The highest BCUT2D eigenvalue weighted by atomic mass is 79.9. The minimum Gasteiger partial charge on any atom is -0.496 e. The molecule has 2 unspecified atom stereocenters. The van der Waals surface area contributed by atoms with Crippen LogP contribution >= 0.6 is 27.7 Å². The van der Waals surface area contributed by atoms with Crippen molar-refractivity contribution in [3.63, 3.8) is 0 Å². The predicted octanol–water partition coefficient (Wildman–Crippen LogP) is 3.48. The molecule has 0 spiro atoms. The zero-order valence-corrected chi connectivity index (χ0v) is 14.2. The Labute approximate surface area is 136 Å². The van der Waals surface area contributed by atoms with E-state index >= 15 is 0 Å². The van der Waals surface area contributed by atoms with Gasteiger partial charge in [-0.1, -0.05) is 15.9 Å². The normalized spacial score (nSPS) is 21.5. The quantitative estimate of drug-likeness (QED) is 0.846. The van der Waals surface area contributed by atoms with Crippen LogP contribution in [0.15, 0.2) is 21.5 Å². The molecule has 0 radical (unpaired) electrons. The fourth-order valence-electron chi connectivity index (χ4n) is 2.16. The second kappa shape index (κ2) is 6.85. The summed E-state index contributed by atoms with van der Waals surface area (Å²) < 4.78 is 6.11. The van der Waals surface area contributed by atoms with Crippen LogP contribution in [0.4, 0.5) is 0 Å². The number of halogens is 1. The third kappa shape index (κ3) is 3.62. The summed E-state index contributed by atoms with van der Waals surface area (Å²) in [6.45, 7) is 1.63. The fourth-order valence-corrected chi connectivity index (χ4v) is 3.73. The van der Waals surface area contributed by atoms with Crippen molar-refractivity contribution in [1.29, 1.82) is 0 Å². The van der Waals surface area contributed by atoms with Crippen LogP contribution in [0.3, 0.4) is 0 Å². The number of hydrogen-bond acceptors (Lipinski definition) is 4. The summed E-state index contributed by atoms with van der Waals surface area (Å²) in [7, 11) is 1.53. The standard InChI is InChI=1S/C15H17BrO4S/c1-8(15(18)19)10-7-11(16)9(5-13(10)20-2)6-14-12(17)3-4-21-14/h5-8,12,17H,3-4H2,1-2H3,(H,18,19)/b14-6+. The van der Waals surface area contributed by atoms with Crippen molar-refractivity contribution in [2.45, 2.75) is 25.4 Å². The Morgan fingerprint density at radius 2 is 2.29 bits per heavy atom. The van der Waals surface area contributed by atoms with Crippen molar-refractivity contribution in [1.82, 2.24) is 0 Å². The summed E-state index contributed by atoms with van der Waals surface area (Å²) in [5.74, 6) is -0.0921.